The lowest BCUT2D eigenvalue weighted by atomic mass is 10.0. The molecule has 0 radical (unpaired) electrons. The van der Waals surface area contributed by atoms with Gasteiger partial charge in [0.25, 0.3) is 0 Å². The fraction of sp³-hybridized carbons (Fsp3) is 0.571. The summed E-state index contributed by atoms with van der Waals surface area (Å²) in [5.41, 5.74) is -1.41. The average molecular weight is 158 g/mol. The van der Waals surface area contributed by atoms with Gasteiger partial charge in [0.1, 0.15) is 0 Å². The molecule has 0 fully saturated rings. The Morgan fingerprint density at radius 1 is 1.91 bits per heavy atom. The Kier molecular flexibility index (Phi) is 1.87. The van der Waals surface area contributed by atoms with E-state index in [4.69, 9.17) is 14.9 Å². The molecule has 0 spiro atoms. The number of aliphatic hydroxyl groups is 1. The lowest BCUT2D eigenvalue weighted by molar-refractivity contribution is -0.162. The fourth-order valence-corrected chi connectivity index (χ4v) is 0.996. The van der Waals surface area contributed by atoms with E-state index in [0.717, 1.165) is 0 Å². The Hall–Kier alpha value is -1.03. The molecule has 1 aliphatic rings. The number of carboxylic acids is 1. The highest BCUT2D eigenvalue weighted by atomic mass is 16.5. The number of carbonyl (C=O) groups is 1. The van der Waals surface area contributed by atoms with E-state index in [1.54, 1.807) is 13.0 Å². The van der Waals surface area contributed by atoms with Gasteiger partial charge in [-0.25, -0.2) is 4.79 Å². The summed E-state index contributed by atoms with van der Waals surface area (Å²) < 4.78 is 4.97. The van der Waals surface area contributed by atoms with E-state index in [1.165, 1.54) is 0 Å². The van der Waals surface area contributed by atoms with Crippen molar-refractivity contribution in [1.29, 1.82) is 0 Å². The quantitative estimate of drug-likeness (QED) is 0.599. The van der Waals surface area contributed by atoms with E-state index < -0.39 is 18.2 Å². The number of hydrogen-bond donors (Lipinski definition) is 2. The summed E-state index contributed by atoms with van der Waals surface area (Å²) in [6.45, 7) is 1.18. The zero-order valence-corrected chi connectivity index (χ0v) is 6.20. The van der Waals surface area contributed by atoms with Crippen molar-refractivity contribution < 1.29 is 19.7 Å². The van der Waals surface area contributed by atoms with E-state index in [0.29, 0.717) is 5.76 Å². The SMILES string of the molecule is CC1=CCC(CO)(C(=O)O)O1. The van der Waals surface area contributed by atoms with Crippen molar-refractivity contribution in [2.24, 2.45) is 0 Å². The Labute approximate surface area is 64.1 Å². The maximum absolute atomic E-state index is 10.6. The maximum Gasteiger partial charge on any atom is 0.350 e. The molecule has 1 unspecified atom stereocenters. The van der Waals surface area contributed by atoms with E-state index in [1.807, 2.05) is 0 Å². The number of hydrogen-bond acceptors (Lipinski definition) is 3. The molecular weight excluding hydrogens is 148 g/mol. The van der Waals surface area contributed by atoms with Gasteiger partial charge >= 0.3 is 5.97 Å². The highest BCUT2D eigenvalue weighted by Crippen LogP contribution is 2.27. The van der Waals surface area contributed by atoms with Crippen LogP contribution in [0.5, 0.6) is 0 Å². The minimum Gasteiger partial charge on any atom is -0.478 e. The van der Waals surface area contributed by atoms with Crippen LogP contribution in [0.3, 0.4) is 0 Å². The largest absolute Gasteiger partial charge is 0.478 e. The first-order chi connectivity index (χ1) is 5.10. The predicted octanol–water partition coefficient (Wildman–Crippen LogP) is 0.126. The summed E-state index contributed by atoms with van der Waals surface area (Å²) >= 11 is 0. The first kappa shape index (κ1) is 8.07. The molecule has 2 N–H and O–H groups in total. The van der Waals surface area contributed by atoms with Crippen LogP contribution in [0.15, 0.2) is 11.8 Å². The number of ether oxygens (including phenoxy) is 1. The van der Waals surface area contributed by atoms with Gasteiger partial charge in [-0.05, 0) is 13.0 Å². The van der Waals surface area contributed by atoms with Gasteiger partial charge in [0, 0.05) is 6.42 Å². The number of rotatable bonds is 2. The van der Waals surface area contributed by atoms with Crippen LogP contribution in [0.2, 0.25) is 0 Å². The van der Waals surface area contributed by atoms with Crippen LogP contribution in [0.25, 0.3) is 0 Å². The van der Waals surface area contributed by atoms with Crippen molar-refractivity contribution in [3.63, 3.8) is 0 Å². The molecular formula is C7H10O4. The van der Waals surface area contributed by atoms with Gasteiger partial charge in [0.2, 0.25) is 5.60 Å². The van der Waals surface area contributed by atoms with Crippen LogP contribution in [0, 0.1) is 0 Å². The van der Waals surface area contributed by atoms with Gasteiger partial charge in [-0.15, -0.1) is 0 Å². The molecule has 1 heterocycles. The molecule has 0 aromatic carbocycles. The first-order valence-corrected chi connectivity index (χ1v) is 3.31. The van der Waals surface area contributed by atoms with Crippen molar-refractivity contribution in [3.05, 3.63) is 11.8 Å². The number of allylic oxidation sites excluding steroid dienone is 1. The lowest BCUT2D eigenvalue weighted by Gasteiger charge is -2.21. The first-order valence-electron chi connectivity index (χ1n) is 3.31. The van der Waals surface area contributed by atoms with Crippen LogP contribution in [0.1, 0.15) is 13.3 Å². The molecule has 0 saturated carbocycles. The van der Waals surface area contributed by atoms with Crippen molar-refractivity contribution >= 4 is 5.97 Å². The monoisotopic (exact) mass is 158 g/mol. The summed E-state index contributed by atoms with van der Waals surface area (Å²) in [5.74, 6) is -0.561. The highest BCUT2D eigenvalue weighted by molar-refractivity contribution is 5.78. The Morgan fingerprint density at radius 2 is 2.55 bits per heavy atom. The van der Waals surface area contributed by atoms with Gasteiger partial charge < -0.3 is 14.9 Å². The van der Waals surface area contributed by atoms with E-state index in [-0.39, 0.29) is 6.42 Å². The average Bonchev–Trinajstić information content (AvgIpc) is 2.33. The van der Waals surface area contributed by atoms with Crippen molar-refractivity contribution in [2.45, 2.75) is 18.9 Å². The zero-order chi connectivity index (χ0) is 8.48. The summed E-state index contributed by atoms with van der Waals surface area (Å²) in [4.78, 5) is 10.6. The van der Waals surface area contributed by atoms with Gasteiger partial charge in [-0.3, -0.25) is 0 Å². The summed E-state index contributed by atoms with van der Waals surface area (Å²) in [7, 11) is 0. The molecule has 0 saturated heterocycles. The fourth-order valence-electron chi connectivity index (χ4n) is 0.996. The predicted molar refractivity (Wildman–Crippen MR) is 36.9 cm³/mol. The molecule has 4 heteroatoms. The summed E-state index contributed by atoms with van der Waals surface area (Å²) in [5, 5.41) is 17.4. The maximum atomic E-state index is 10.6. The molecule has 62 valence electrons. The second-order valence-electron chi connectivity index (χ2n) is 2.58. The molecule has 0 amide bonds. The molecule has 4 nitrogen and oxygen atoms in total. The van der Waals surface area contributed by atoms with Crippen LogP contribution in [-0.2, 0) is 9.53 Å². The van der Waals surface area contributed by atoms with E-state index in [9.17, 15) is 4.79 Å². The second-order valence-corrected chi connectivity index (χ2v) is 2.58. The Balaban J connectivity index is 2.75. The second kappa shape index (κ2) is 2.54. The van der Waals surface area contributed by atoms with E-state index >= 15 is 0 Å². The molecule has 0 bridgehead atoms. The Morgan fingerprint density at radius 3 is 2.73 bits per heavy atom. The molecule has 1 aliphatic heterocycles. The standard InChI is InChI=1S/C7H10O4/c1-5-2-3-7(4-8,11-5)6(9)10/h2,8H,3-4H2,1H3,(H,9,10). The molecule has 11 heavy (non-hydrogen) atoms. The normalized spacial score (nSPS) is 29.5. The van der Waals surface area contributed by atoms with Crippen LogP contribution in [0.4, 0.5) is 0 Å². The number of carboxylic acid groups (broad SMARTS) is 1. The van der Waals surface area contributed by atoms with Crippen molar-refractivity contribution in [1.82, 2.24) is 0 Å². The minimum absolute atomic E-state index is 0.241. The smallest absolute Gasteiger partial charge is 0.350 e. The van der Waals surface area contributed by atoms with Gasteiger partial charge in [-0.2, -0.15) is 0 Å². The minimum atomic E-state index is -1.41. The van der Waals surface area contributed by atoms with Crippen molar-refractivity contribution in [2.75, 3.05) is 6.61 Å². The van der Waals surface area contributed by atoms with Crippen LogP contribution in [-0.4, -0.2) is 28.4 Å². The van der Waals surface area contributed by atoms with Crippen molar-refractivity contribution in [3.8, 4) is 0 Å². The van der Waals surface area contributed by atoms with Crippen LogP contribution < -0.4 is 0 Å². The third-order valence-corrected chi connectivity index (χ3v) is 1.72. The van der Waals surface area contributed by atoms with Gasteiger partial charge in [0.15, 0.2) is 0 Å². The molecule has 0 aromatic heterocycles. The number of aliphatic carboxylic acids is 1. The lowest BCUT2D eigenvalue weighted by Crippen LogP contribution is -2.41. The Bertz CT molecular complexity index is 208. The summed E-state index contributed by atoms with van der Waals surface area (Å²) in [6, 6.07) is 0. The van der Waals surface area contributed by atoms with E-state index in [2.05, 4.69) is 0 Å². The van der Waals surface area contributed by atoms with Crippen LogP contribution >= 0.6 is 0 Å². The topological polar surface area (TPSA) is 66.8 Å². The highest BCUT2D eigenvalue weighted by Gasteiger charge is 2.42. The van der Waals surface area contributed by atoms with Gasteiger partial charge in [0.05, 0.1) is 12.4 Å². The molecule has 0 aliphatic carbocycles. The molecule has 1 rings (SSSR count). The summed E-state index contributed by atoms with van der Waals surface area (Å²) in [6.07, 6.45) is 1.90. The number of aliphatic hydroxyl groups excluding tert-OH is 1. The third kappa shape index (κ3) is 1.21. The molecule has 1 atom stereocenters. The van der Waals surface area contributed by atoms with Gasteiger partial charge in [-0.1, -0.05) is 0 Å². The third-order valence-electron chi connectivity index (χ3n) is 1.72. The zero-order valence-electron chi connectivity index (χ0n) is 6.20. The molecule has 0 aromatic rings.